The summed E-state index contributed by atoms with van der Waals surface area (Å²) in [6, 6.07) is -0.0689. The molecule has 15 heteroatoms. The first-order chi connectivity index (χ1) is 24.3. The smallest absolute Gasteiger partial charge is 0.329 e. The normalized spacial score (nSPS) is 28.5. The van der Waals surface area contributed by atoms with Crippen LogP contribution in [0.1, 0.15) is 71.5 Å². The van der Waals surface area contributed by atoms with Crippen LogP contribution in [0.5, 0.6) is 28.7 Å². The Hall–Kier alpha value is -4.23. The van der Waals surface area contributed by atoms with Crippen molar-refractivity contribution in [2.75, 3.05) is 33.3 Å². The van der Waals surface area contributed by atoms with E-state index in [2.05, 4.69) is 21.2 Å². The van der Waals surface area contributed by atoms with Crippen LogP contribution in [0.2, 0.25) is 0 Å². The highest BCUT2D eigenvalue weighted by molar-refractivity contribution is 7.99. The number of amides is 1. The van der Waals surface area contributed by atoms with Gasteiger partial charge in [0.1, 0.15) is 24.4 Å². The molecule has 4 bridgehead atoms. The number of cyclic esters (lactones) is 1. The number of nitrogens with one attached hydrogen (secondary N) is 1. The van der Waals surface area contributed by atoms with Gasteiger partial charge in [-0.2, -0.15) is 5.26 Å². The van der Waals surface area contributed by atoms with Gasteiger partial charge in [0.05, 0.1) is 36.6 Å². The maximum Gasteiger partial charge on any atom is 0.329 e. The number of benzene rings is 2. The quantitative estimate of drug-likeness (QED) is 0.302. The van der Waals surface area contributed by atoms with Crippen LogP contribution in [0.3, 0.4) is 0 Å². The maximum atomic E-state index is 13.8. The number of phenols is 1. The largest absolute Gasteiger partial charge is 0.504 e. The number of ether oxygens (including phenoxy) is 5. The summed E-state index contributed by atoms with van der Waals surface area (Å²) in [7, 11) is 3.48. The van der Waals surface area contributed by atoms with Crippen molar-refractivity contribution in [3.63, 3.8) is 0 Å². The Morgan fingerprint density at radius 2 is 1.88 bits per heavy atom. The highest BCUT2D eigenvalue weighted by atomic mass is 32.2. The Morgan fingerprint density at radius 3 is 2.55 bits per heavy atom. The fourth-order valence-corrected chi connectivity index (χ4v) is 10.1. The molecule has 5 heterocycles. The van der Waals surface area contributed by atoms with Gasteiger partial charge in [0.2, 0.25) is 12.7 Å². The number of hydrogen-bond donors (Lipinski definition) is 3. The molecule has 2 unspecified atom stereocenters. The first-order valence-electron chi connectivity index (χ1n) is 17.1. The van der Waals surface area contributed by atoms with Crippen LogP contribution in [-0.4, -0.2) is 96.3 Å². The molecule has 1 amide bonds. The average molecular weight is 722 g/mol. The highest BCUT2D eigenvalue weighted by Gasteiger charge is 2.60. The number of piperazine rings is 1. The number of rotatable bonds is 5. The van der Waals surface area contributed by atoms with E-state index in [0.717, 1.165) is 11.1 Å². The molecule has 2 saturated heterocycles. The number of carbonyl (C=O) groups is 3. The van der Waals surface area contributed by atoms with Crippen molar-refractivity contribution in [2.24, 2.45) is 11.7 Å². The second kappa shape index (κ2) is 13.1. The maximum absolute atomic E-state index is 13.8. The standard InChI is InChI=1S/C36H43N5O9S/c1-14(2)26(38)35(44)39-19-12-51-34-25-24(33-32(48-13-49-33)16(4)31(25)50-17(5)42)22(11-47-36(19)45)41-21(10-37)20-9-18-8-15(3)30(46-7)29(43)23(18)27(28(34)41)40(20)6/h8,14,19-22,26-28,34,43H,9,11-13,38H2,1-7H3,(H,39,44)/t19-,20+,21-,22+,26?,27+,28?,34+/m0/s1. The molecule has 4 N–H and O–H groups in total. The molecule has 51 heavy (non-hydrogen) atoms. The molecular weight excluding hydrogens is 678 g/mol. The molecule has 8 atom stereocenters. The topological polar surface area (TPSA) is 186 Å². The summed E-state index contributed by atoms with van der Waals surface area (Å²) < 4.78 is 29.8. The number of fused-ring (bicyclic) bond motifs is 9. The third kappa shape index (κ3) is 5.37. The Kier molecular flexibility index (Phi) is 9.02. The monoisotopic (exact) mass is 721 g/mol. The van der Waals surface area contributed by atoms with Crippen molar-refractivity contribution in [3.8, 4) is 34.8 Å². The predicted molar refractivity (Wildman–Crippen MR) is 185 cm³/mol. The van der Waals surface area contributed by atoms with Gasteiger partial charge in [-0.05, 0) is 44.4 Å². The molecule has 0 spiro atoms. The summed E-state index contributed by atoms with van der Waals surface area (Å²) in [6.07, 6.45) is 0.480. The lowest BCUT2D eigenvalue weighted by atomic mass is 9.71. The number of hydrogen-bond acceptors (Lipinski definition) is 14. The van der Waals surface area contributed by atoms with Gasteiger partial charge < -0.3 is 39.8 Å². The number of likely N-dealkylation sites (N-methyl/N-ethyl adjacent to an activating group) is 1. The van der Waals surface area contributed by atoms with Crippen molar-refractivity contribution in [1.82, 2.24) is 15.1 Å². The number of nitriles is 1. The van der Waals surface area contributed by atoms with Crippen molar-refractivity contribution < 1.29 is 43.2 Å². The Bertz CT molecular complexity index is 1860. The Morgan fingerprint density at radius 1 is 1.16 bits per heavy atom. The molecule has 2 aromatic rings. The Balaban J connectivity index is 1.49. The zero-order valence-electron chi connectivity index (χ0n) is 29.6. The molecule has 272 valence electrons. The summed E-state index contributed by atoms with van der Waals surface area (Å²) >= 11 is 1.37. The molecule has 0 aliphatic carbocycles. The summed E-state index contributed by atoms with van der Waals surface area (Å²) in [5.74, 6) is -0.200. The zero-order valence-corrected chi connectivity index (χ0v) is 30.5. The first-order valence-corrected chi connectivity index (χ1v) is 18.1. The second-order valence-electron chi connectivity index (χ2n) is 14.2. The molecule has 0 aromatic heterocycles. The van der Waals surface area contributed by atoms with Gasteiger partial charge in [-0.1, -0.05) is 19.9 Å². The van der Waals surface area contributed by atoms with E-state index in [0.29, 0.717) is 51.7 Å². The minimum atomic E-state index is -1.05. The summed E-state index contributed by atoms with van der Waals surface area (Å²) in [6.45, 7) is 8.37. The molecule has 5 aliphatic rings. The van der Waals surface area contributed by atoms with Gasteiger partial charge in [-0.3, -0.25) is 19.4 Å². The van der Waals surface area contributed by atoms with E-state index in [1.807, 2.05) is 33.9 Å². The minimum absolute atomic E-state index is 0.0256. The third-order valence-electron chi connectivity index (χ3n) is 11.0. The van der Waals surface area contributed by atoms with Crippen LogP contribution in [0.25, 0.3) is 0 Å². The lowest BCUT2D eigenvalue weighted by molar-refractivity contribution is -0.152. The summed E-state index contributed by atoms with van der Waals surface area (Å²) in [4.78, 5) is 43.9. The fourth-order valence-electron chi connectivity index (χ4n) is 8.64. The van der Waals surface area contributed by atoms with Gasteiger partial charge in [0.25, 0.3) is 0 Å². The van der Waals surface area contributed by atoms with E-state index < -0.39 is 59.3 Å². The predicted octanol–water partition coefficient (Wildman–Crippen LogP) is 2.70. The van der Waals surface area contributed by atoms with Crippen molar-refractivity contribution in [2.45, 2.75) is 88.6 Å². The SMILES string of the molecule is COc1c(C)cc2c(c1O)[C@@H]1C3[C@@H]4SC[C@H](NC(=O)C(N)C(C)C)C(=O)OC[C@H](c5c6c(c(C)c(OC(C)=O)c54)OCO6)N3[C@@H](C#N)[C@@H](C2)N1C. The highest BCUT2D eigenvalue weighted by Crippen LogP contribution is 2.64. The first kappa shape index (κ1) is 35.2. The second-order valence-corrected chi connectivity index (χ2v) is 15.4. The van der Waals surface area contributed by atoms with Crippen LogP contribution >= 0.6 is 11.8 Å². The molecule has 0 saturated carbocycles. The molecule has 2 fully saturated rings. The third-order valence-corrected chi connectivity index (χ3v) is 12.4. The lowest BCUT2D eigenvalue weighted by Crippen LogP contribution is -2.69. The Labute approximate surface area is 300 Å². The van der Waals surface area contributed by atoms with E-state index in [9.17, 15) is 24.8 Å². The summed E-state index contributed by atoms with van der Waals surface area (Å²) in [5, 5.41) is 25.1. The van der Waals surface area contributed by atoms with Gasteiger partial charge in [0, 0.05) is 47.0 Å². The molecular formula is C36H43N5O9S. The van der Waals surface area contributed by atoms with Crippen LogP contribution in [0.4, 0.5) is 0 Å². The molecule has 2 aromatic carbocycles. The van der Waals surface area contributed by atoms with E-state index in [-0.39, 0.29) is 36.9 Å². The number of phenolic OH excluding ortho intramolecular Hbond substituents is 1. The summed E-state index contributed by atoms with van der Waals surface area (Å²) in [5.41, 5.74) is 10.4. The van der Waals surface area contributed by atoms with Crippen LogP contribution < -0.4 is 30.0 Å². The number of aromatic hydroxyl groups is 1. The fraction of sp³-hybridized carbons (Fsp3) is 0.556. The number of thioether (sulfide) groups is 1. The number of methoxy groups -OCH3 is 1. The van der Waals surface area contributed by atoms with E-state index in [1.54, 1.807) is 6.92 Å². The van der Waals surface area contributed by atoms with Gasteiger partial charge in [-0.25, -0.2) is 4.79 Å². The van der Waals surface area contributed by atoms with E-state index in [4.69, 9.17) is 29.4 Å². The number of nitrogens with zero attached hydrogens (tertiary/aromatic N) is 3. The van der Waals surface area contributed by atoms with Crippen molar-refractivity contribution in [3.05, 3.63) is 39.4 Å². The van der Waals surface area contributed by atoms with Crippen LogP contribution in [-0.2, 0) is 25.5 Å². The van der Waals surface area contributed by atoms with Gasteiger partial charge in [-0.15, -0.1) is 11.8 Å². The average Bonchev–Trinajstić information content (AvgIpc) is 3.57. The minimum Gasteiger partial charge on any atom is -0.504 e. The van der Waals surface area contributed by atoms with Crippen molar-refractivity contribution >= 4 is 29.6 Å². The zero-order chi connectivity index (χ0) is 36.6. The number of aryl methyl sites for hydroxylation is 1. The van der Waals surface area contributed by atoms with Crippen LogP contribution in [0, 0.1) is 31.1 Å². The van der Waals surface area contributed by atoms with E-state index in [1.165, 1.54) is 25.8 Å². The molecule has 7 rings (SSSR count). The van der Waals surface area contributed by atoms with Gasteiger partial charge >= 0.3 is 11.9 Å². The number of nitrogens with two attached hydrogens (primary N) is 1. The number of carbonyl (C=O) groups excluding carboxylic acids is 3. The van der Waals surface area contributed by atoms with Crippen molar-refractivity contribution in [1.29, 1.82) is 5.26 Å². The van der Waals surface area contributed by atoms with Gasteiger partial charge in [0.15, 0.2) is 23.0 Å². The van der Waals surface area contributed by atoms with Crippen LogP contribution in [0.15, 0.2) is 6.07 Å². The molecule has 0 radical (unpaired) electrons. The molecule has 5 aliphatic heterocycles. The lowest BCUT2D eigenvalue weighted by Gasteiger charge is -2.61. The molecule has 14 nitrogen and oxygen atoms in total. The number of esters is 2. The van der Waals surface area contributed by atoms with E-state index >= 15 is 0 Å².